The minimum Gasteiger partial charge on any atom is -0.258 e. The molecule has 0 N–H and O–H groups in total. The summed E-state index contributed by atoms with van der Waals surface area (Å²) in [4.78, 5) is 9.12. The molecule has 7 heteroatoms. The van der Waals surface area contributed by atoms with Crippen molar-refractivity contribution in [1.82, 2.24) is 0 Å². The summed E-state index contributed by atoms with van der Waals surface area (Å²) in [6.07, 6.45) is 0. The molecule has 0 radical (unpaired) electrons. The number of rotatable bonds is 3. The van der Waals surface area contributed by atoms with Gasteiger partial charge in [0.2, 0.25) is 5.82 Å². The van der Waals surface area contributed by atoms with Gasteiger partial charge in [0.25, 0.3) is 0 Å². The third-order valence-corrected chi connectivity index (χ3v) is 3.59. The molecule has 0 bridgehead atoms. The third-order valence-electron chi connectivity index (χ3n) is 1.85. The van der Waals surface area contributed by atoms with Crippen molar-refractivity contribution in [3.8, 4) is 0 Å². The van der Waals surface area contributed by atoms with Crippen LogP contribution in [-0.2, 0) is 9.84 Å². The summed E-state index contributed by atoms with van der Waals surface area (Å²) >= 11 is 0. The second-order valence-electron chi connectivity index (χ2n) is 2.77. The Morgan fingerprint density at radius 1 is 1.47 bits per heavy atom. The molecule has 0 unspecified atom stereocenters. The highest BCUT2D eigenvalue weighted by molar-refractivity contribution is 7.91. The van der Waals surface area contributed by atoms with E-state index in [0.717, 1.165) is 12.1 Å². The Hall–Kier alpha value is -1.50. The third kappa shape index (κ3) is 2.30. The van der Waals surface area contributed by atoms with Crippen LogP contribution in [0, 0.1) is 15.9 Å². The first-order valence-electron chi connectivity index (χ1n) is 4.05. The van der Waals surface area contributed by atoms with Crippen molar-refractivity contribution in [2.24, 2.45) is 0 Å². The van der Waals surface area contributed by atoms with Crippen LogP contribution < -0.4 is 0 Å². The molecule has 0 amide bonds. The number of nitrogens with zero attached hydrogens (tertiary/aromatic N) is 1. The maximum atomic E-state index is 13.1. The molecule has 0 aliphatic carbocycles. The van der Waals surface area contributed by atoms with Crippen LogP contribution in [0.25, 0.3) is 0 Å². The van der Waals surface area contributed by atoms with Crippen molar-refractivity contribution in [3.05, 3.63) is 34.1 Å². The Bertz CT molecular complexity index is 497. The summed E-state index contributed by atoms with van der Waals surface area (Å²) < 4.78 is 35.7. The zero-order valence-electron chi connectivity index (χ0n) is 7.81. The average Bonchev–Trinajstić information content (AvgIpc) is 2.17. The Morgan fingerprint density at radius 3 is 2.47 bits per heavy atom. The molecule has 0 aromatic heterocycles. The first-order valence-corrected chi connectivity index (χ1v) is 5.70. The van der Waals surface area contributed by atoms with E-state index in [9.17, 15) is 22.9 Å². The van der Waals surface area contributed by atoms with Crippen LogP contribution >= 0.6 is 0 Å². The Morgan fingerprint density at radius 2 is 2.07 bits per heavy atom. The van der Waals surface area contributed by atoms with Gasteiger partial charge in [-0.2, -0.15) is 4.39 Å². The highest BCUT2D eigenvalue weighted by Crippen LogP contribution is 2.21. The van der Waals surface area contributed by atoms with Crippen molar-refractivity contribution < 1.29 is 17.7 Å². The molecular weight excluding hydrogens is 225 g/mol. The first kappa shape index (κ1) is 11.6. The van der Waals surface area contributed by atoms with Gasteiger partial charge in [-0.25, -0.2) is 8.42 Å². The smallest absolute Gasteiger partial charge is 0.258 e. The van der Waals surface area contributed by atoms with Crippen molar-refractivity contribution in [3.63, 3.8) is 0 Å². The molecular formula is C8H8FNO4S. The summed E-state index contributed by atoms with van der Waals surface area (Å²) in [6, 6.07) is 2.54. The Balaban J connectivity index is 3.30. The summed E-state index contributed by atoms with van der Waals surface area (Å²) in [5.74, 6) is -1.32. The largest absolute Gasteiger partial charge is 0.304 e. The molecule has 1 rings (SSSR count). The predicted octanol–water partition coefficient (Wildman–Crippen LogP) is 1.53. The fraction of sp³-hybridized carbons (Fsp3) is 0.250. The second-order valence-corrected chi connectivity index (χ2v) is 5.05. The topological polar surface area (TPSA) is 77.3 Å². The molecule has 0 heterocycles. The zero-order chi connectivity index (χ0) is 11.6. The Kier molecular flexibility index (Phi) is 3.04. The van der Waals surface area contributed by atoms with E-state index < -0.39 is 26.3 Å². The summed E-state index contributed by atoms with van der Waals surface area (Å²) in [6.45, 7) is 1.41. The lowest BCUT2D eigenvalue weighted by molar-refractivity contribution is -0.387. The van der Waals surface area contributed by atoms with Crippen LogP contribution in [0.1, 0.15) is 6.92 Å². The standard InChI is InChI=1S/C8H8FNO4S/c1-2-15(13,14)6-3-4-8(10(11)12)7(9)5-6/h3-5H,2H2,1H3. The molecule has 5 nitrogen and oxygen atoms in total. The van der Waals surface area contributed by atoms with Gasteiger partial charge in [-0.3, -0.25) is 10.1 Å². The highest BCUT2D eigenvalue weighted by atomic mass is 32.2. The lowest BCUT2D eigenvalue weighted by atomic mass is 10.3. The molecule has 0 spiro atoms. The summed E-state index contributed by atoms with van der Waals surface area (Å²) in [7, 11) is -3.53. The van der Waals surface area contributed by atoms with Gasteiger partial charge in [-0.05, 0) is 12.1 Å². The zero-order valence-corrected chi connectivity index (χ0v) is 8.62. The number of hydrogen-bond acceptors (Lipinski definition) is 4. The van der Waals surface area contributed by atoms with Gasteiger partial charge in [0, 0.05) is 6.07 Å². The van der Waals surface area contributed by atoms with Crippen molar-refractivity contribution >= 4 is 15.5 Å². The normalized spacial score (nSPS) is 11.3. The van der Waals surface area contributed by atoms with Crippen LogP contribution in [0.4, 0.5) is 10.1 Å². The molecule has 0 aliphatic heterocycles. The molecule has 0 atom stereocenters. The molecule has 0 fully saturated rings. The fourth-order valence-electron chi connectivity index (χ4n) is 0.996. The van der Waals surface area contributed by atoms with E-state index in [1.807, 2.05) is 0 Å². The molecule has 1 aromatic carbocycles. The van der Waals surface area contributed by atoms with E-state index in [1.165, 1.54) is 6.92 Å². The molecule has 1 aromatic rings. The lowest BCUT2D eigenvalue weighted by Gasteiger charge is -2.01. The second kappa shape index (κ2) is 3.93. The van der Waals surface area contributed by atoms with Crippen molar-refractivity contribution in [2.45, 2.75) is 11.8 Å². The number of nitro groups is 1. The van der Waals surface area contributed by atoms with E-state index in [1.54, 1.807) is 0 Å². The lowest BCUT2D eigenvalue weighted by Crippen LogP contribution is -2.04. The highest BCUT2D eigenvalue weighted by Gasteiger charge is 2.19. The average molecular weight is 233 g/mol. The fourth-order valence-corrected chi connectivity index (χ4v) is 1.89. The van der Waals surface area contributed by atoms with Gasteiger partial charge < -0.3 is 0 Å². The van der Waals surface area contributed by atoms with E-state index in [0.29, 0.717) is 6.07 Å². The molecule has 0 saturated carbocycles. The van der Waals surface area contributed by atoms with Gasteiger partial charge in [-0.1, -0.05) is 6.92 Å². The maximum Gasteiger partial charge on any atom is 0.304 e. The molecule has 0 aliphatic rings. The number of benzene rings is 1. The van der Waals surface area contributed by atoms with Crippen LogP contribution in [0.5, 0.6) is 0 Å². The van der Waals surface area contributed by atoms with Crippen LogP contribution in [0.3, 0.4) is 0 Å². The van der Waals surface area contributed by atoms with Crippen LogP contribution in [-0.4, -0.2) is 19.1 Å². The van der Waals surface area contributed by atoms with Gasteiger partial charge in [-0.15, -0.1) is 0 Å². The molecule has 0 saturated heterocycles. The van der Waals surface area contributed by atoms with Gasteiger partial charge in [0.1, 0.15) is 0 Å². The summed E-state index contributed by atoms with van der Waals surface area (Å²) in [5.41, 5.74) is -0.731. The van der Waals surface area contributed by atoms with Gasteiger partial charge >= 0.3 is 5.69 Å². The van der Waals surface area contributed by atoms with E-state index in [2.05, 4.69) is 0 Å². The molecule has 82 valence electrons. The number of hydrogen-bond donors (Lipinski definition) is 0. The minimum absolute atomic E-state index is 0.176. The number of nitro benzene ring substituents is 1. The van der Waals surface area contributed by atoms with Gasteiger partial charge in [0.05, 0.1) is 15.6 Å². The first-order chi connectivity index (χ1) is 6.88. The predicted molar refractivity (Wildman–Crippen MR) is 50.8 cm³/mol. The summed E-state index contributed by atoms with van der Waals surface area (Å²) in [5, 5.41) is 10.3. The van der Waals surface area contributed by atoms with Gasteiger partial charge in [0.15, 0.2) is 9.84 Å². The van der Waals surface area contributed by atoms with Crippen LogP contribution in [0.2, 0.25) is 0 Å². The number of halogens is 1. The monoisotopic (exact) mass is 233 g/mol. The van der Waals surface area contributed by atoms with Crippen LogP contribution in [0.15, 0.2) is 23.1 Å². The SMILES string of the molecule is CCS(=O)(=O)c1ccc([N+](=O)[O-])c(F)c1. The minimum atomic E-state index is -3.53. The quantitative estimate of drug-likeness (QED) is 0.585. The van der Waals surface area contributed by atoms with Crippen molar-refractivity contribution in [1.29, 1.82) is 0 Å². The Labute approximate surface area is 85.6 Å². The van der Waals surface area contributed by atoms with E-state index in [4.69, 9.17) is 0 Å². The maximum absolute atomic E-state index is 13.1. The number of sulfone groups is 1. The van der Waals surface area contributed by atoms with E-state index in [-0.39, 0.29) is 10.6 Å². The molecule has 15 heavy (non-hydrogen) atoms. The van der Waals surface area contributed by atoms with Crippen molar-refractivity contribution in [2.75, 3.05) is 5.75 Å². The van der Waals surface area contributed by atoms with E-state index >= 15 is 0 Å².